The minimum Gasteiger partial charge on any atom is -0.394 e. The van der Waals surface area contributed by atoms with Crippen LogP contribution in [-0.2, 0) is 22.4 Å². The summed E-state index contributed by atoms with van der Waals surface area (Å²) in [4.78, 5) is 0. The van der Waals surface area contributed by atoms with Crippen LogP contribution in [0.1, 0.15) is 0 Å². The Labute approximate surface area is 96.5 Å². The zero-order valence-corrected chi connectivity index (χ0v) is 9.52. The molecule has 0 rings (SSSR count). The minimum absolute atomic E-state index is 0. The standard InChI is InChI=1S/C6H12O5S.Au/c7-1-3(8)5(10)6(11)4(9)2-12;/h2-11H,1H2;/q;+1/t3-,4+,5-,6-;/m1./s1. The van der Waals surface area contributed by atoms with Crippen LogP contribution < -0.4 is 0 Å². The Morgan fingerprint density at radius 1 is 1.08 bits per heavy atom. The minimum atomic E-state index is -1.61. The molecule has 5 nitrogen and oxygen atoms in total. The smallest absolute Gasteiger partial charge is 0.394 e. The quantitative estimate of drug-likeness (QED) is 0.260. The predicted molar refractivity (Wildman–Crippen MR) is 44.8 cm³/mol. The van der Waals surface area contributed by atoms with Crippen molar-refractivity contribution in [2.45, 2.75) is 24.4 Å². The van der Waals surface area contributed by atoms with Gasteiger partial charge in [-0.25, -0.2) is 0 Å². The fourth-order valence-electron chi connectivity index (χ4n) is 0.618. The summed E-state index contributed by atoms with van der Waals surface area (Å²) >= 11 is 4.30. The first-order chi connectivity index (χ1) is 5.54. The molecule has 0 saturated heterocycles. The first kappa shape index (κ1) is 16.1. The average Bonchev–Trinajstić information content (AvgIpc) is 2.12. The maximum Gasteiger partial charge on any atom is 1.00 e. The Balaban J connectivity index is 0. The molecule has 0 spiro atoms. The number of aliphatic hydroxyl groups excluding tert-OH is 5. The maximum atomic E-state index is 9.02. The maximum absolute atomic E-state index is 9.02. The van der Waals surface area contributed by atoms with E-state index in [0.29, 0.717) is 0 Å². The molecule has 7 heteroatoms. The summed E-state index contributed by atoms with van der Waals surface area (Å²) in [6.07, 6.45) is -6.06. The van der Waals surface area contributed by atoms with Gasteiger partial charge in [0.15, 0.2) is 0 Å². The van der Waals surface area contributed by atoms with Gasteiger partial charge in [-0.2, -0.15) is 0 Å². The van der Waals surface area contributed by atoms with Crippen molar-refractivity contribution < 1.29 is 47.9 Å². The molecule has 5 N–H and O–H groups in total. The summed E-state index contributed by atoms with van der Waals surface area (Å²) in [6.45, 7) is -0.692. The number of hydrogen-bond acceptors (Lipinski definition) is 6. The number of thiocarbonyl (C=S) groups is 1. The van der Waals surface area contributed by atoms with Crippen molar-refractivity contribution in [3.63, 3.8) is 0 Å². The molecule has 0 fully saturated rings. The molecule has 0 aromatic rings. The number of hydrogen-bond donors (Lipinski definition) is 5. The Kier molecular flexibility index (Phi) is 9.87. The summed E-state index contributed by atoms with van der Waals surface area (Å²) in [5.74, 6) is 0. The van der Waals surface area contributed by atoms with E-state index in [1.807, 2.05) is 0 Å². The molecule has 13 heavy (non-hydrogen) atoms. The second kappa shape index (κ2) is 7.98. The van der Waals surface area contributed by atoms with Gasteiger partial charge in [0, 0.05) is 5.37 Å². The van der Waals surface area contributed by atoms with Crippen molar-refractivity contribution in [3.8, 4) is 0 Å². The third-order valence-corrected chi connectivity index (χ3v) is 1.70. The van der Waals surface area contributed by atoms with E-state index in [4.69, 9.17) is 25.5 Å². The summed E-state index contributed by atoms with van der Waals surface area (Å²) in [6, 6.07) is 0. The van der Waals surface area contributed by atoms with Gasteiger partial charge in [-0.05, 0) is 0 Å². The van der Waals surface area contributed by atoms with Crippen LogP contribution in [0.2, 0.25) is 0 Å². The van der Waals surface area contributed by atoms with Crippen molar-refractivity contribution in [2.24, 2.45) is 0 Å². The molecule has 0 radical (unpaired) electrons. The third kappa shape index (κ3) is 5.16. The van der Waals surface area contributed by atoms with Gasteiger partial charge in [0.25, 0.3) is 0 Å². The molecule has 0 aliphatic heterocycles. The second-order valence-corrected chi connectivity index (χ2v) is 2.63. The summed E-state index contributed by atoms with van der Waals surface area (Å²) in [7, 11) is 0. The molecular formula is C6H12AuO5S+. The first-order valence-electron chi connectivity index (χ1n) is 3.33. The van der Waals surface area contributed by atoms with E-state index in [2.05, 4.69) is 12.2 Å². The van der Waals surface area contributed by atoms with Crippen LogP contribution in [-0.4, -0.2) is 61.9 Å². The molecule has 82 valence electrons. The van der Waals surface area contributed by atoms with Crippen molar-refractivity contribution in [1.82, 2.24) is 0 Å². The third-order valence-electron chi connectivity index (χ3n) is 1.42. The van der Waals surface area contributed by atoms with E-state index >= 15 is 0 Å². The van der Waals surface area contributed by atoms with Crippen molar-refractivity contribution >= 4 is 17.6 Å². The normalized spacial score (nSPS) is 19.5. The molecule has 0 aromatic carbocycles. The van der Waals surface area contributed by atoms with Gasteiger partial charge in [-0.3, -0.25) is 0 Å². The Hall–Kier alpha value is 0.630. The van der Waals surface area contributed by atoms with Crippen LogP contribution in [0.15, 0.2) is 0 Å². The van der Waals surface area contributed by atoms with Gasteiger partial charge in [0.05, 0.1) is 6.61 Å². The molecule has 0 aliphatic carbocycles. The van der Waals surface area contributed by atoms with Crippen LogP contribution >= 0.6 is 12.2 Å². The number of aliphatic hydroxyl groups is 5. The van der Waals surface area contributed by atoms with E-state index in [-0.39, 0.29) is 22.4 Å². The molecule has 0 heterocycles. The molecule has 0 unspecified atom stereocenters. The summed E-state index contributed by atoms with van der Waals surface area (Å²) in [5.41, 5.74) is 0. The van der Waals surface area contributed by atoms with Gasteiger partial charge in [0.2, 0.25) is 0 Å². The molecule has 0 aromatic heterocycles. The molecule has 0 amide bonds. The van der Waals surface area contributed by atoms with E-state index in [1.54, 1.807) is 0 Å². The predicted octanol–water partition coefficient (Wildman–Crippen LogP) is -2.58. The molecule has 0 bridgehead atoms. The van der Waals surface area contributed by atoms with Crippen molar-refractivity contribution in [3.05, 3.63) is 0 Å². The fourth-order valence-corrected chi connectivity index (χ4v) is 0.779. The molecule has 0 aliphatic rings. The van der Waals surface area contributed by atoms with Crippen LogP contribution in [0.5, 0.6) is 0 Å². The van der Waals surface area contributed by atoms with Crippen LogP contribution in [0.25, 0.3) is 0 Å². The zero-order valence-electron chi connectivity index (χ0n) is 6.54. The second-order valence-electron chi connectivity index (χ2n) is 2.36. The summed E-state index contributed by atoms with van der Waals surface area (Å²) in [5, 5.41) is 44.9. The van der Waals surface area contributed by atoms with E-state index in [0.717, 1.165) is 5.37 Å². The first-order valence-corrected chi connectivity index (χ1v) is 3.80. The average molecular weight is 393 g/mol. The Morgan fingerprint density at radius 2 is 1.54 bits per heavy atom. The van der Waals surface area contributed by atoms with Gasteiger partial charge in [-0.1, -0.05) is 12.2 Å². The monoisotopic (exact) mass is 393 g/mol. The van der Waals surface area contributed by atoms with Gasteiger partial charge >= 0.3 is 22.4 Å². The van der Waals surface area contributed by atoms with Gasteiger partial charge in [-0.15, -0.1) is 0 Å². The van der Waals surface area contributed by atoms with E-state index in [1.165, 1.54) is 0 Å². The fraction of sp³-hybridized carbons (Fsp3) is 0.833. The van der Waals surface area contributed by atoms with E-state index < -0.39 is 31.0 Å². The SMILES string of the molecule is OC[C@@H](O)[C@@H](O)[C@H](O)[C@@H](O)C=S.[Au+]. The van der Waals surface area contributed by atoms with Gasteiger partial charge in [0.1, 0.15) is 24.4 Å². The topological polar surface area (TPSA) is 101 Å². The molecular weight excluding hydrogens is 381 g/mol. The van der Waals surface area contributed by atoms with Crippen molar-refractivity contribution in [2.75, 3.05) is 6.61 Å². The van der Waals surface area contributed by atoms with E-state index in [9.17, 15) is 0 Å². The van der Waals surface area contributed by atoms with Crippen LogP contribution in [0, 0.1) is 0 Å². The molecule has 0 saturated carbocycles. The largest absolute Gasteiger partial charge is 1.00 e. The van der Waals surface area contributed by atoms with Crippen molar-refractivity contribution in [1.29, 1.82) is 0 Å². The Morgan fingerprint density at radius 3 is 1.85 bits per heavy atom. The molecule has 4 atom stereocenters. The van der Waals surface area contributed by atoms with Crippen LogP contribution in [0.3, 0.4) is 0 Å². The van der Waals surface area contributed by atoms with Crippen LogP contribution in [0.4, 0.5) is 0 Å². The Bertz CT molecular complexity index is 147. The number of rotatable bonds is 5. The zero-order chi connectivity index (χ0) is 9.72. The van der Waals surface area contributed by atoms with Gasteiger partial charge < -0.3 is 25.5 Å². The summed E-state index contributed by atoms with van der Waals surface area (Å²) < 4.78 is 0.